The molecule has 0 aromatic carbocycles. The molecule has 7 nitrogen and oxygen atoms in total. The molecule has 2 heterocycles. The highest BCUT2D eigenvalue weighted by atomic mass is 32.2. The third-order valence-corrected chi connectivity index (χ3v) is 6.99. The van der Waals surface area contributed by atoms with Crippen LogP contribution in [0, 0.1) is 0 Å². The molecule has 2 aliphatic rings. The summed E-state index contributed by atoms with van der Waals surface area (Å²) in [6.45, 7) is 3.14. The Morgan fingerprint density at radius 3 is 2.89 bits per heavy atom. The molecule has 1 aromatic rings. The van der Waals surface area contributed by atoms with Gasteiger partial charge in [0.1, 0.15) is 5.69 Å². The van der Waals surface area contributed by atoms with Crippen molar-refractivity contribution in [2.45, 2.75) is 51.5 Å². The molecule has 0 saturated carbocycles. The Hall–Kier alpha value is -1.96. The first-order valence-electron chi connectivity index (χ1n) is 9.75. The van der Waals surface area contributed by atoms with E-state index < -0.39 is 9.84 Å². The highest BCUT2D eigenvalue weighted by Crippen LogP contribution is 2.22. The van der Waals surface area contributed by atoms with Crippen molar-refractivity contribution in [1.82, 2.24) is 15.3 Å². The molecule has 148 valence electrons. The van der Waals surface area contributed by atoms with E-state index >= 15 is 0 Å². The van der Waals surface area contributed by atoms with E-state index in [2.05, 4.69) is 21.4 Å². The van der Waals surface area contributed by atoms with Crippen molar-refractivity contribution in [3.63, 3.8) is 0 Å². The average molecular weight is 393 g/mol. The second kappa shape index (κ2) is 8.82. The fraction of sp³-hybridized carbons (Fsp3) is 0.632. The molecule has 1 saturated heterocycles. The fourth-order valence-corrected chi connectivity index (χ4v) is 5.49. The predicted octanol–water partition coefficient (Wildman–Crippen LogP) is 2.11. The normalized spacial score (nSPS) is 21.5. The Morgan fingerprint density at radius 1 is 1.37 bits per heavy atom. The largest absolute Gasteiger partial charge is 0.350 e. The van der Waals surface area contributed by atoms with E-state index in [-0.39, 0.29) is 23.5 Å². The molecular formula is C19H28N4O3S. The Balaban J connectivity index is 1.61. The number of anilines is 1. The number of carbonyl (C=O) groups is 1. The van der Waals surface area contributed by atoms with Crippen LogP contribution in [-0.4, -0.2) is 54.9 Å². The van der Waals surface area contributed by atoms with Crippen molar-refractivity contribution >= 4 is 21.7 Å². The third-order valence-electron chi connectivity index (χ3n) is 5.24. The topological polar surface area (TPSA) is 92.3 Å². The summed E-state index contributed by atoms with van der Waals surface area (Å²) in [5, 5.41) is 2.93. The van der Waals surface area contributed by atoms with Gasteiger partial charge in [0.05, 0.1) is 11.5 Å². The molecule has 1 amide bonds. The van der Waals surface area contributed by atoms with Gasteiger partial charge in [-0.2, -0.15) is 0 Å². The van der Waals surface area contributed by atoms with Gasteiger partial charge in [-0.15, -0.1) is 0 Å². The summed E-state index contributed by atoms with van der Waals surface area (Å²) < 4.78 is 23.6. The highest BCUT2D eigenvalue weighted by Gasteiger charge is 2.33. The molecule has 1 unspecified atom stereocenters. The Labute approximate surface area is 161 Å². The third kappa shape index (κ3) is 5.28. The number of hydrogen-bond donors (Lipinski definition) is 1. The second-order valence-electron chi connectivity index (χ2n) is 7.20. The highest BCUT2D eigenvalue weighted by molar-refractivity contribution is 7.91. The molecule has 0 bridgehead atoms. The predicted molar refractivity (Wildman–Crippen MR) is 106 cm³/mol. The van der Waals surface area contributed by atoms with Gasteiger partial charge in [0.25, 0.3) is 5.91 Å². The number of nitrogens with one attached hydrogen (secondary N) is 1. The van der Waals surface area contributed by atoms with Crippen LogP contribution in [0.25, 0.3) is 0 Å². The molecule has 1 fully saturated rings. The van der Waals surface area contributed by atoms with Gasteiger partial charge in [0.2, 0.25) is 5.95 Å². The van der Waals surface area contributed by atoms with Crippen LogP contribution in [0.15, 0.2) is 23.9 Å². The van der Waals surface area contributed by atoms with Crippen LogP contribution in [0.5, 0.6) is 0 Å². The van der Waals surface area contributed by atoms with Gasteiger partial charge in [-0.1, -0.05) is 11.6 Å². The van der Waals surface area contributed by atoms with E-state index in [1.807, 2.05) is 11.8 Å². The first-order chi connectivity index (χ1) is 13.0. The van der Waals surface area contributed by atoms with Gasteiger partial charge < -0.3 is 10.2 Å². The summed E-state index contributed by atoms with van der Waals surface area (Å²) in [5.74, 6) is 0.521. The van der Waals surface area contributed by atoms with Gasteiger partial charge >= 0.3 is 0 Å². The van der Waals surface area contributed by atoms with Crippen LogP contribution in [0.1, 0.15) is 55.9 Å². The molecule has 1 aliphatic heterocycles. The first-order valence-corrected chi connectivity index (χ1v) is 11.6. The summed E-state index contributed by atoms with van der Waals surface area (Å²) in [6.07, 6.45) is 10.1. The van der Waals surface area contributed by atoms with E-state index in [0.29, 0.717) is 31.2 Å². The van der Waals surface area contributed by atoms with Crippen molar-refractivity contribution in [2.24, 2.45) is 0 Å². The Morgan fingerprint density at radius 2 is 2.22 bits per heavy atom. The molecule has 1 aliphatic carbocycles. The van der Waals surface area contributed by atoms with Crippen molar-refractivity contribution in [3.05, 3.63) is 29.6 Å². The van der Waals surface area contributed by atoms with Gasteiger partial charge in [-0.05, 0) is 51.5 Å². The summed E-state index contributed by atoms with van der Waals surface area (Å²) in [5.41, 5.74) is 1.74. The number of sulfone groups is 1. The number of nitrogens with zero attached hydrogens (tertiary/aromatic N) is 3. The molecule has 8 heteroatoms. The van der Waals surface area contributed by atoms with Crippen molar-refractivity contribution in [3.8, 4) is 0 Å². The zero-order valence-corrected chi connectivity index (χ0v) is 16.7. The van der Waals surface area contributed by atoms with Gasteiger partial charge in [0, 0.05) is 25.3 Å². The minimum Gasteiger partial charge on any atom is -0.350 e. The minimum atomic E-state index is -2.99. The summed E-state index contributed by atoms with van der Waals surface area (Å²) in [6, 6.07) is 1.47. The number of hydrogen-bond acceptors (Lipinski definition) is 6. The van der Waals surface area contributed by atoms with Gasteiger partial charge in [0.15, 0.2) is 9.84 Å². The Kier molecular flexibility index (Phi) is 6.46. The summed E-state index contributed by atoms with van der Waals surface area (Å²) in [7, 11) is -2.99. The molecule has 1 N–H and O–H groups in total. The summed E-state index contributed by atoms with van der Waals surface area (Å²) in [4.78, 5) is 23.0. The van der Waals surface area contributed by atoms with E-state index in [1.165, 1.54) is 18.4 Å². The number of aromatic nitrogens is 2. The molecule has 27 heavy (non-hydrogen) atoms. The Bertz CT molecular complexity index is 807. The van der Waals surface area contributed by atoms with Crippen LogP contribution in [0.4, 0.5) is 5.95 Å². The van der Waals surface area contributed by atoms with Crippen LogP contribution >= 0.6 is 0 Å². The van der Waals surface area contributed by atoms with E-state index in [0.717, 1.165) is 19.3 Å². The maximum Gasteiger partial charge on any atom is 0.270 e. The van der Waals surface area contributed by atoms with Crippen LogP contribution in [-0.2, 0) is 9.84 Å². The maximum atomic E-state index is 12.4. The lowest BCUT2D eigenvalue weighted by Crippen LogP contribution is -2.38. The zero-order chi connectivity index (χ0) is 19.3. The molecule has 1 aromatic heterocycles. The van der Waals surface area contributed by atoms with Crippen LogP contribution in [0.3, 0.4) is 0 Å². The van der Waals surface area contributed by atoms with Crippen LogP contribution < -0.4 is 10.2 Å². The van der Waals surface area contributed by atoms with E-state index in [1.54, 1.807) is 12.3 Å². The average Bonchev–Trinajstić information content (AvgIpc) is 3.03. The first kappa shape index (κ1) is 19.8. The molecule has 1 atom stereocenters. The standard InChI is InChI=1S/C19H28N4O3S/c1-2-23(16-10-13-27(25,26)14-16)19-21-12-9-17(22-19)18(24)20-11-8-15-6-4-3-5-7-15/h6,9,12,16H,2-5,7-8,10-11,13-14H2,1H3,(H,20,24). The smallest absolute Gasteiger partial charge is 0.270 e. The number of allylic oxidation sites excluding steroid dienone is 1. The van der Waals surface area contributed by atoms with Crippen LogP contribution in [0.2, 0.25) is 0 Å². The number of rotatable bonds is 7. The maximum absolute atomic E-state index is 12.4. The number of amides is 1. The lowest BCUT2D eigenvalue weighted by molar-refractivity contribution is 0.0949. The van der Waals surface area contributed by atoms with Crippen molar-refractivity contribution in [1.29, 1.82) is 0 Å². The van der Waals surface area contributed by atoms with Crippen molar-refractivity contribution in [2.75, 3.05) is 29.5 Å². The molecule has 0 radical (unpaired) electrons. The quantitative estimate of drug-likeness (QED) is 0.715. The molecular weight excluding hydrogens is 364 g/mol. The SMILES string of the molecule is CCN(c1nccc(C(=O)NCCC2=CCCCC2)n1)C1CCS(=O)(=O)C1. The lowest BCUT2D eigenvalue weighted by Gasteiger charge is -2.26. The minimum absolute atomic E-state index is 0.121. The zero-order valence-electron chi connectivity index (χ0n) is 15.9. The lowest BCUT2D eigenvalue weighted by atomic mass is 9.97. The van der Waals surface area contributed by atoms with Gasteiger partial charge in [-0.25, -0.2) is 18.4 Å². The number of carbonyl (C=O) groups excluding carboxylic acids is 1. The summed E-state index contributed by atoms with van der Waals surface area (Å²) >= 11 is 0. The second-order valence-corrected chi connectivity index (χ2v) is 9.43. The van der Waals surface area contributed by atoms with E-state index in [9.17, 15) is 13.2 Å². The van der Waals surface area contributed by atoms with E-state index in [4.69, 9.17) is 0 Å². The van der Waals surface area contributed by atoms with Crippen molar-refractivity contribution < 1.29 is 13.2 Å². The van der Waals surface area contributed by atoms with Gasteiger partial charge in [-0.3, -0.25) is 4.79 Å². The fourth-order valence-electron chi connectivity index (χ4n) is 3.76. The molecule has 0 spiro atoms. The monoisotopic (exact) mass is 392 g/mol. The molecule has 3 rings (SSSR count).